The van der Waals surface area contributed by atoms with E-state index in [9.17, 15) is 0 Å². The summed E-state index contributed by atoms with van der Waals surface area (Å²) >= 11 is 0. The van der Waals surface area contributed by atoms with E-state index in [-0.39, 0.29) is 0 Å². The fourth-order valence-corrected chi connectivity index (χ4v) is 3.08. The second kappa shape index (κ2) is 6.36. The van der Waals surface area contributed by atoms with Gasteiger partial charge < -0.3 is 4.42 Å². The highest BCUT2D eigenvalue weighted by molar-refractivity contribution is 5.53. The molecular weight excluding hydrogens is 308 g/mol. The molecule has 122 valence electrons. The van der Waals surface area contributed by atoms with Crippen molar-refractivity contribution in [3.63, 3.8) is 0 Å². The molecule has 1 aromatic heterocycles. The first-order chi connectivity index (χ1) is 12.3. The normalized spacial score (nSPS) is 11.4. The lowest BCUT2D eigenvalue weighted by atomic mass is 9.76. The standard InChI is InChI=1S/C22H18N2O/c1-22(18-13-7-3-8-14-18,19-15-9-4-10-16-19)21-24-23-20(25-21)17-11-5-2-6-12-17/h2-16H,1H3. The monoisotopic (exact) mass is 326 g/mol. The molecule has 0 saturated heterocycles. The van der Waals surface area contributed by atoms with E-state index in [0.717, 1.165) is 16.7 Å². The first-order valence-corrected chi connectivity index (χ1v) is 8.29. The van der Waals surface area contributed by atoms with Crippen LogP contribution in [0.1, 0.15) is 23.9 Å². The molecule has 1 heterocycles. The molecule has 0 unspecified atom stereocenters. The van der Waals surface area contributed by atoms with E-state index in [1.54, 1.807) is 0 Å². The lowest BCUT2D eigenvalue weighted by Crippen LogP contribution is -2.25. The van der Waals surface area contributed by atoms with Crippen LogP contribution in [0.15, 0.2) is 95.4 Å². The summed E-state index contributed by atoms with van der Waals surface area (Å²) in [6.07, 6.45) is 0. The van der Waals surface area contributed by atoms with Gasteiger partial charge in [0, 0.05) is 5.56 Å². The summed E-state index contributed by atoms with van der Waals surface area (Å²) in [6, 6.07) is 30.4. The second-order valence-electron chi connectivity index (χ2n) is 6.14. The van der Waals surface area contributed by atoms with Crippen LogP contribution >= 0.6 is 0 Å². The van der Waals surface area contributed by atoms with E-state index in [0.29, 0.717) is 11.8 Å². The Kier molecular flexibility index (Phi) is 3.90. The Morgan fingerprint density at radius 3 is 1.64 bits per heavy atom. The van der Waals surface area contributed by atoms with Crippen molar-refractivity contribution in [3.05, 3.63) is 108 Å². The quantitative estimate of drug-likeness (QED) is 0.524. The highest BCUT2D eigenvalue weighted by atomic mass is 16.4. The minimum Gasteiger partial charge on any atom is -0.419 e. The van der Waals surface area contributed by atoms with Crippen LogP contribution in [0.4, 0.5) is 0 Å². The average Bonchev–Trinajstić information content (AvgIpc) is 3.20. The summed E-state index contributed by atoms with van der Waals surface area (Å²) in [5.74, 6) is 1.12. The summed E-state index contributed by atoms with van der Waals surface area (Å²) in [5.41, 5.74) is 2.64. The Balaban J connectivity index is 1.87. The molecule has 0 atom stereocenters. The van der Waals surface area contributed by atoms with Crippen LogP contribution in [0.5, 0.6) is 0 Å². The highest BCUT2D eigenvalue weighted by Gasteiger charge is 2.36. The van der Waals surface area contributed by atoms with E-state index in [1.165, 1.54) is 0 Å². The van der Waals surface area contributed by atoms with Gasteiger partial charge >= 0.3 is 0 Å². The third-order valence-corrected chi connectivity index (χ3v) is 4.58. The minimum atomic E-state index is -0.511. The van der Waals surface area contributed by atoms with Gasteiger partial charge in [0.25, 0.3) is 0 Å². The van der Waals surface area contributed by atoms with E-state index in [2.05, 4.69) is 41.4 Å². The van der Waals surface area contributed by atoms with Crippen molar-refractivity contribution in [2.24, 2.45) is 0 Å². The molecule has 0 aliphatic rings. The van der Waals surface area contributed by atoms with E-state index in [4.69, 9.17) is 4.42 Å². The van der Waals surface area contributed by atoms with Crippen LogP contribution < -0.4 is 0 Å². The van der Waals surface area contributed by atoms with Gasteiger partial charge in [-0.25, -0.2) is 0 Å². The summed E-state index contributed by atoms with van der Waals surface area (Å²) in [7, 11) is 0. The van der Waals surface area contributed by atoms with Crippen LogP contribution in [0, 0.1) is 0 Å². The zero-order valence-electron chi connectivity index (χ0n) is 14.0. The van der Waals surface area contributed by atoms with Crippen molar-refractivity contribution in [3.8, 4) is 11.5 Å². The largest absolute Gasteiger partial charge is 0.419 e. The van der Waals surface area contributed by atoms with Gasteiger partial charge in [0.1, 0.15) is 0 Å². The molecule has 0 saturated carbocycles. The summed E-state index contributed by atoms with van der Waals surface area (Å²) < 4.78 is 6.12. The van der Waals surface area contributed by atoms with Crippen LogP contribution in [-0.4, -0.2) is 10.2 Å². The number of hydrogen-bond acceptors (Lipinski definition) is 3. The summed E-state index contributed by atoms with van der Waals surface area (Å²) in [6.45, 7) is 2.12. The average molecular weight is 326 g/mol. The lowest BCUT2D eigenvalue weighted by Gasteiger charge is -2.27. The molecule has 3 nitrogen and oxygen atoms in total. The maximum Gasteiger partial charge on any atom is 0.247 e. The molecule has 4 rings (SSSR count). The molecule has 0 radical (unpaired) electrons. The predicted molar refractivity (Wildman–Crippen MR) is 98.2 cm³/mol. The number of rotatable bonds is 4. The smallest absolute Gasteiger partial charge is 0.247 e. The van der Waals surface area contributed by atoms with E-state index in [1.807, 2.05) is 66.7 Å². The summed E-state index contributed by atoms with van der Waals surface area (Å²) in [5, 5.41) is 8.69. The van der Waals surface area contributed by atoms with Gasteiger partial charge in [0.05, 0.1) is 5.41 Å². The van der Waals surface area contributed by atoms with Crippen molar-refractivity contribution in [1.82, 2.24) is 10.2 Å². The predicted octanol–water partition coefficient (Wildman–Crippen LogP) is 5.09. The Morgan fingerprint density at radius 2 is 1.12 bits per heavy atom. The lowest BCUT2D eigenvalue weighted by molar-refractivity contribution is 0.438. The molecule has 25 heavy (non-hydrogen) atoms. The Morgan fingerprint density at radius 1 is 0.640 bits per heavy atom. The molecule has 0 aliphatic carbocycles. The number of aromatic nitrogens is 2. The van der Waals surface area contributed by atoms with Crippen molar-refractivity contribution < 1.29 is 4.42 Å². The third-order valence-electron chi connectivity index (χ3n) is 4.58. The van der Waals surface area contributed by atoms with Gasteiger partial charge in [-0.05, 0) is 30.2 Å². The highest BCUT2D eigenvalue weighted by Crippen LogP contribution is 2.38. The molecular formula is C22H18N2O. The Bertz CT molecular complexity index is 908. The van der Waals surface area contributed by atoms with Crippen LogP contribution in [0.2, 0.25) is 0 Å². The number of benzene rings is 3. The zero-order chi connectivity index (χ0) is 17.1. The van der Waals surface area contributed by atoms with Gasteiger partial charge in [0.15, 0.2) is 0 Å². The maximum atomic E-state index is 6.12. The van der Waals surface area contributed by atoms with Crippen LogP contribution in [0.3, 0.4) is 0 Å². The molecule has 0 spiro atoms. The first-order valence-electron chi connectivity index (χ1n) is 8.29. The minimum absolute atomic E-state index is 0.511. The summed E-state index contributed by atoms with van der Waals surface area (Å²) in [4.78, 5) is 0. The topological polar surface area (TPSA) is 38.9 Å². The second-order valence-corrected chi connectivity index (χ2v) is 6.14. The molecule has 0 aliphatic heterocycles. The van der Waals surface area contributed by atoms with Crippen LogP contribution in [0.25, 0.3) is 11.5 Å². The van der Waals surface area contributed by atoms with Crippen molar-refractivity contribution in [2.45, 2.75) is 12.3 Å². The van der Waals surface area contributed by atoms with Gasteiger partial charge in [-0.15, -0.1) is 10.2 Å². The molecule has 0 amide bonds. The fraction of sp³-hybridized carbons (Fsp3) is 0.0909. The number of nitrogens with zero attached hydrogens (tertiary/aromatic N) is 2. The van der Waals surface area contributed by atoms with E-state index >= 15 is 0 Å². The Labute approximate surface area is 147 Å². The fourth-order valence-electron chi connectivity index (χ4n) is 3.08. The van der Waals surface area contributed by atoms with Gasteiger partial charge in [-0.3, -0.25) is 0 Å². The molecule has 0 fully saturated rings. The molecule has 4 aromatic rings. The zero-order valence-corrected chi connectivity index (χ0v) is 14.0. The maximum absolute atomic E-state index is 6.12. The SMILES string of the molecule is CC(c1ccccc1)(c1ccccc1)c1nnc(-c2ccccc2)o1. The molecule has 0 N–H and O–H groups in total. The van der Waals surface area contributed by atoms with E-state index < -0.39 is 5.41 Å². The first kappa shape index (κ1) is 15.3. The molecule has 3 heteroatoms. The van der Waals surface area contributed by atoms with Crippen LogP contribution in [-0.2, 0) is 5.41 Å². The molecule has 3 aromatic carbocycles. The number of hydrogen-bond donors (Lipinski definition) is 0. The van der Waals surface area contributed by atoms with Crippen molar-refractivity contribution in [1.29, 1.82) is 0 Å². The van der Waals surface area contributed by atoms with Gasteiger partial charge in [-0.1, -0.05) is 78.9 Å². The van der Waals surface area contributed by atoms with Crippen molar-refractivity contribution >= 4 is 0 Å². The van der Waals surface area contributed by atoms with Gasteiger partial charge in [-0.2, -0.15) is 0 Å². The van der Waals surface area contributed by atoms with Crippen molar-refractivity contribution in [2.75, 3.05) is 0 Å². The van der Waals surface area contributed by atoms with Gasteiger partial charge in [0.2, 0.25) is 11.8 Å². The third kappa shape index (κ3) is 2.74. The molecule has 0 bridgehead atoms. The Hall–Kier alpha value is -3.20.